The predicted molar refractivity (Wildman–Crippen MR) is 210 cm³/mol. The lowest BCUT2D eigenvalue weighted by Gasteiger charge is -2.44. The van der Waals surface area contributed by atoms with Crippen molar-refractivity contribution in [3.05, 3.63) is 200 Å². The molecule has 7 aromatic rings. The third-order valence-electron chi connectivity index (χ3n) is 10.4. The van der Waals surface area contributed by atoms with Crippen molar-refractivity contribution in [3.63, 3.8) is 0 Å². The summed E-state index contributed by atoms with van der Waals surface area (Å²) in [4.78, 5) is 12.5. The van der Waals surface area contributed by atoms with Crippen molar-refractivity contribution in [1.82, 2.24) is 0 Å². The van der Waals surface area contributed by atoms with Gasteiger partial charge in [0, 0.05) is 11.1 Å². The second kappa shape index (κ2) is 19.1. The molecule has 0 spiro atoms. The fourth-order valence-electron chi connectivity index (χ4n) is 7.29. The Kier molecular flexibility index (Phi) is 14.2. The monoisotopic (exact) mass is 1010 g/mol. The van der Waals surface area contributed by atoms with E-state index in [-0.39, 0.29) is 11.5 Å². The molecule has 0 radical (unpaired) electrons. The Morgan fingerprint density at radius 2 is 0.696 bits per heavy atom. The smallest absolute Gasteiger partial charge is 0.212 e. The highest BCUT2D eigenvalue weighted by molar-refractivity contribution is 8.07. The topological polar surface area (TPSA) is 34.1 Å². The molecule has 69 heavy (non-hydrogen) atoms. The summed E-state index contributed by atoms with van der Waals surface area (Å²) in [7, 11) is -2.54. The van der Waals surface area contributed by atoms with Gasteiger partial charge >= 0.3 is 0 Å². The zero-order chi connectivity index (χ0) is 51.3. The molecule has 0 bridgehead atoms. The number of carbonyl (C=O) groups is 1. The summed E-state index contributed by atoms with van der Waals surface area (Å²) in [5.41, 5.74) is -13.0. The van der Waals surface area contributed by atoms with Gasteiger partial charge in [-0.15, -0.1) is 21.9 Å². The van der Waals surface area contributed by atoms with Crippen molar-refractivity contribution in [2.75, 3.05) is 12.0 Å². The first-order chi connectivity index (χ1) is 32.2. The average molecular weight is 1010 g/mol. The van der Waals surface area contributed by atoms with Gasteiger partial charge in [0.25, 0.3) is 0 Å². The first-order valence-electron chi connectivity index (χ1n) is 18.5. The Bertz CT molecular complexity index is 3010. The molecule has 0 aromatic heterocycles. The van der Waals surface area contributed by atoms with Gasteiger partial charge in [0.05, 0.1) is 0 Å². The molecule has 7 aromatic carbocycles. The van der Waals surface area contributed by atoms with Crippen molar-refractivity contribution in [2.24, 2.45) is 0 Å². The number of halogens is 20. The second-order valence-corrected chi connectivity index (χ2v) is 17.0. The van der Waals surface area contributed by atoms with Gasteiger partial charge in [0.2, 0.25) is 5.78 Å². The summed E-state index contributed by atoms with van der Waals surface area (Å²) >= 11 is 0. The quantitative estimate of drug-likeness (QED) is 0.0303. The number of Topliss-reactive ketones (excluding diaryl/α,β-unsaturated/α-hetero) is 1. The fraction of sp³-hybridized carbons (Fsp3) is 0.0444. The molecular weight excluding hydrogens is 995 g/mol. The van der Waals surface area contributed by atoms with Crippen LogP contribution in [0.5, 0.6) is 0 Å². The summed E-state index contributed by atoms with van der Waals surface area (Å²) in [6.45, 7) is 0. The Morgan fingerprint density at radius 3 is 1.03 bits per heavy atom. The minimum atomic E-state index is -7.22. The average Bonchev–Trinajstić information content (AvgIpc) is 3.33. The number of carbonyl (C=O) groups excluding carboxylic acids is 1. The van der Waals surface area contributed by atoms with Crippen molar-refractivity contribution in [3.8, 4) is 11.2 Å². The fourth-order valence-corrected chi connectivity index (χ4v) is 8.37. The van der Waals surface area contributed by atoms with Crippen LogP contribution in [-0.2, 0) is 14.1 Å². The summed E-state index contributed by atoms with van der Waals surface area (Å²) < 4.78 is 307. The molecule has 0 saturated heterocycles. The lowest BCUT2D eigenvalue weighted by Crippen LogP contribution is -2.81. The van der Waals surface area contributed by atoms with Crippen molar-refractivity contribution in [1.29, 1.82) is 0 Å². The minimum absolute atomic E-state index is 0.0643. The second-order valence-electron chi connectivity index (χ2n) is 14.5. The van der Waals surface area contributed by atoms with E-state index in [4.69, 9.17) is 0 Å². The van der Waals surface area contributed by atoms with Crippen molar-refractivity contribution >= 4 is 54.5 Å². The van der Waals surface area contributed by atoms with Crippen LogP contribution in [0.15, 0.2) is 72.8 Å². The van der Waals surface area contributed by atoms with Gasteiger partial charge < -0.3 is 0 Å². The molecule has 0 saturated carbocycles. The van der Waals surface area contributed by atoms with Gasteiger partial charge in [-0.05, 0) is 34.9 Å². The number of hydrogen-bond acceptors (Lipinski definition) is 2. The van der Waals surface area contributed by atoms with E-state index >= 15 is 35.1 Å². The highest BCUT2D eigenvalue weighted by atomic mass is 32.2. The maximum atomic E-state index is 15.4. The maximum Gasteiger partial charge on any atom is 0.212 e. The third kappa shape index (κ3) is 8.67. The normalized spacial score (nSPS) is 12.3. The largest absolute Gasteiger partial charge is 0.289 e. The maximum absolute atomic E-state index is 15.4. The molecule has 0 amide bonds. The van der Waals surface area contributed by atoms with E-state index in [0.717, 1.165) is 16.3 Å². The molecule has 0 N–H and O–H groups in total. The van der Waals surface area contributed by atoms with E-state index in [9.17, 15) is 61.7 Å². The Hall–Kier alpha value is -7.16. The number of benzene rings is 7. The van der Waals surface area contributed by atoms with Crippen LogP contribution in [0.2, 0.25) is 0 Å². The van der Waals surface area contributed by atoms with Crippen molar-refractivity contribution in [2.45, 2.75) is 0 Å². The number of fused-ring (bicyclic) bond motifs is 1. The highest BCUT2D eigenvalue weighted by Crippen LogP contribution is 2.31. The zero-order valence-corrected chi connectivity index (χ0v) is 34.3. The molecule has 1 unspecified atom stereocenters. The number of rotatable bonds is 7. The summed E-state index contributed by atoms with van der Waals surface area (Å²) in [5, 5.41) is 4.85. The summed E-state index contributed by atoms with van der Waals surface area (Å²) in [6, 6.07) is 22.8. The van der Waals surface area contributed by atoms with Crippen LogP contribution in [0, 0.1) is 128 Å². The van der Waals surface area contributed by atoms with Gasteiger partial charge in [-0.2, -0.15) is 0 Å². The molecule has 1 atom stereocenters. The van der Waals surface area contributed by atoms with Crippen LogP contribution in [0.4, 0.5) is 87.8 Å². The molecular formula is C45H17BF20O2S. The lowest BCUT2D eigenvalue weighted by molar-refractivity contribution is 0.102. The van der Waals surface area contributed by atoms with Crippen LogP contribution < -0.4 is 21.9 Å². The number of ketones is 1. The molecule has 0 heterocycles. The molecule has 0 aliphatic carbocycles. The van der Waals surface area contributed by atoms with Gasteiger partial charge in [-0.3, -0.25) is 4.79 Å². The molecule has 7 rings (SSSR count). The molecule has 358 valence electrons. The highest BCUT2D eigenvalue weighted by Gasteiger charge is 2.52. The van der Waals surface area contributed by atoms with Crippen LogP contribution in [-0.4, -0.2) is 23.9 Å². The van der Waals surface area contributed by atoms with Gasteiger partial charge in [-0.25, -0.2) is 87.8 Å². The van der Waals surface area contributed by atoms with E-state index in [1.807, 2.05) is 66.7 Å². The zero-order valence-electron chi connectivity index (χ0n) is 33.5. The van der Waals surface area contributed by atoms with Crippen molar-refractivity contribution < 1.29 is 96.8 Å². The Labute approximate surface area is 374 Å². The molecule has 0 fully saturated rings. The van der Waals surface area contributed by atoms with Gasteiger partial charge in [-0.1, -0.05) is 58.8 Å². The van der Waals surface area contributed by atoms with Gasteiger partial charge in [0.1, 0.15) is 58.9 Å². The molecule has 0 aliphatic rings. The van der Waals surface area contributed by atoms with E-state index in [1.165, 1.54) is 0 Å². The van der Waals surface area contributed by atoms with E-state index in [0.29, 0.717) is 5.56 Å². The third-order valence-corrected chi connectivity index (χ3v) is 11.7. The van der Waals surface area contributed by atoms with Crippen LogP contribution >= 0.6 is 0 Å². The number of hydrogen-bond donors (Lipinski definition) is 0. The molecule has 0 aliphatic heterocycles. The molecule has 2 nitrogen and oxygen atoms in total. The standard InChI is InChI=1S/C24BF20.C21H17O2S/c26-5-1(6(27)14(35)21(42)13(5)34)25(2-7(28)15(36)22(43)16(37)8(2)29,3-9(30)17(38)23(44)18(39)10(3)31)4-11(32)19(40)24(45)20(41)12(4)33;1-24(23,14-13-17-7-3-2-4-8-17)16-21(22)20-12-11-18-9-5-6-10-19(18)15-20/h;2-12,15H,16H2,1H3/q-1;+1. The summed E-state index contributed by atoms with van der Waals surface area (Å²) in [5.74, 6) is -68.7. The van der Waals surface area contributed by atoms with Crippen LogP contribution in [0.1, 0.15) is 15.9 Å². The summed E-state index contributed by atoms with van der Waals surface area (Å²) in [6.07, 6.45) is -5.67. The van der Waals surface area contributed by atoms with Crippen LogP contribution in [0.25, 0.3) is 10.8 Å². The first-order valence-corrected chi connectivity index (χ1v) is 20.7. The predicted octanol–water partition coefficient (Wildman–Crippen LogP) is 10.0. The van der Waals surface area contributed by atoms with E-state index < -0.39 is 154 Å². The molecule has 24 heteroatoms. The Morgan fingerprint density at radius 1 is 0.406 bits per heavy atom. The Balaban J connectivity index is 0.000000273. The first kappa shape index (κ1) is 51.2. The minimum Gasteiger partial charge on any atom is -0.289 e. The van der Waals surface area contributed by atoms with Crippen LogP contribution in [0.3, 0.4) is 0 Å². The van der Waals surface area contributed by atoms with E-state index in [1.54, 1.807) is 12.3 Å². The lowest BCUT2D eigenvalue weighted by atomic mass is 9.12. The van der Waals surface area contributed by atoms with Gasteiger partial charge in [0.15, 0.2) is 90.7 Å². The van der Waals surface area contributed by atoms with E-state index in [2.05, 4.69) is 11.2 Å². The SMILES string of the molecule is C[S+](=O)(C#Cc1ccccc1)CC(=O)c1ccc2ccccc2c1.Fc1c(F)c(F)c([B-](c2c(F)c(F)c(F)c(F)c2F)(c2c(F)c(F)c(F)c(F)c2F)c2c(F)c(F)c(F)c(F)c2F)c(F)c1F.